The fraction of sp³-hybridized carbons (Fsp3) is 0.467. The van der Waals surface area contributed by atoms with E-state index in [1.54, 1.807) is 18.6 Å². The number of hydrogen-bond donors (Lipinski definition) is 2. The summed E-state index contributed by atoms with van der Waals surface area (Å²) in [4.78, 5) is 21.1. The molecule has 0 aliphatic rings. The number of rotatable bonds is 8. The van der Waals surface area contributed by atoms with Crippen LogP contribution >= 0.6 is 0 Å². The van der Waals surface area contributed by atoms with Gasteiger partial charge in [-0.15, -0.1) is 0 Å². The van der Waals surface area contributed by atoms with Crippen molar-refractivity contribution in [3.63, 3.8) is 0 Å². The molecule has 0 aliphatic heterocycles. The molecule has 0 radical (unpaired) electrons. The molecule has 0 saturated carbocycles. The van der Waals surface area contributed by atoms with Crippen LogP contribution in [0.1, 0.15) is 35.9 Å². The van der Waals surface area contributed by atoms with Crippen molar-refractivity contribution < 1.29 is 9.21 Å². The van der Waals surface area contributed by atoms with Crippen LogP contribution in [0, 0.1) is 0 Å². The number of aromatic nitrogens is 2. The second-order valence-corrected chi connectivity index (χ2v) is 4.81. The van der Waals surface area contributed by atoms with E-state index in [9.17, 15) is 4.79 Å². The second-order valence-electron chi connectivity index (χ2n) is 4.81. The van der Waals surface area contributed by atoms with Crippen molar-refractivity contribution in [2.24, 2.45) is 0 Å². The van der Waals surface area contributed by atoms with Gasteiger partial charge in [0.25, 0.3) is 5.91 Å². The largest absolute Gasteiger partial charge is 0.455 e. The van der Waals surface area contributed by atoms with Crippen molar-refractivity contribution in [3.05, 3.63) is 41.9 Å². The summed E-state index contributed by atoms with van der Waals surface area (Å²) in [6, 6.07) is 3.59. The number of carbonyl (C=O) groups excluding carboxylic acids is 1. The van der Waals surface area contributed by atoms with E-state index in [0.717, 1.165) is 37.5 Å². The topological polar surface area (TPSA) is 74.2 Å². The Morgan fingerprint density at radius 1 is 1.38 bits per heavy atom. The van der Waals surface area contributed by atoms with Gasteiger partial charge in [0.2, 0.25) is 0 Å². The van der Waals surface area contributed by atoms with Crippen molar-refractivity contribution in [3.8, 4) is 0 Å². The molecule has 2 heterocycles. The first-order chi connectivity index (χ1) is 10.2. The quantitative estimate of drug-likeness (QED) is 0.777. The van der Waals surface area contributed by atoms with Gasteiger partial charge in [0, 0.05) is 24.9 Å². The lowest BCUT2D eigenvalue weighted by molar-refractivity contribution is 0.0922. The van der Waals surface area contributed by atoms with Gasteiger partial charge in [-0.2, -0.15) is 0 Å². The monoisotopic (exact) mass is 290 g/mol. The molecule has 0 aliphatic carbocycles. The molecular weight excluding hydrogens is 268 g/mol. The van der Waals surface area contributed by atoms with Gasteiger partial charge in [-0.05, 0) is 25.2 Å². The van der Waals surface area contributed by atoms with Gasteiger partial charge in [0.05, 0.1) is 12.9 Å². The SMILES string of the molecule is CCN(CC)Cc1ccc(C(=O)NCCc2cnc[nH]2)o1. The van der Waals surface area contributed by atoms with E-state index in [-0.39, 0.29) is 5.91 Å². The molecule has 0 bridgehead atoms. The minimum Gasteiger partial charge on any atom is -0.455 e. The zero-order valence-electron chi connectivity index (χ0n) is 12.6. The molecule has 1 amide bonds. The van der Waals surface area contributed by atoms with E-state index in [1.807, 2.05) is 6.07 Å². The van der Waals surface area contributed by atoms with Crippen LogP contribution in [0.2, 0.25) is 0 Å². The van der Waals surface area contributed by atoms with Crippen molar-refractivity contribution in [1.29, 1.82) is 0 Å². The van der Waals surface area contributed by atoms with Gasteiger partial charge in [-0.1, -0.05) is 13.8 Å². The van der Waals surface area contributed by atoms with Gasteiger partial charge < -0.3 is 14.7 Å². The average Bonchev–Trinajstić information content (AvgIpc) is 3.16. The van der Waals surface area contributed by atoms with Crippen LogP contribution in [0.4, 0.5) is 0 Å². The molecular formula is C15H22N4O2. The molecule has 0 unspecified atom stereocenters. The molecule has 6 nitrogen and oxygen atoms in total. The zero-order valence-corrected chi connectivity index (χ0v) is 12.6. The second kappa shape index (κ2) is 7.64. The Morgan fingerprint density at radius 2 is 2.19 bits per heavy atom. The summed E-state index contributed by atoms with van der Waals surface area (Å²) in [5, 5.41) is 2.84. The number of nitrogens with one attached hydrogen (secondary N) is 2. The summed E-state index contributed by atoms with van der Waals surface area (Å²) < 4.78 is 5.59. The van der Waals surface area contributed by atoms with Crippen molar-refractivity contribution in [2.45, 2.75) is 26.8 Å². The molecule has 0 spiro atoms. The summed E-state index contributed by atoms with van der Waals surface area (Å²) in [5.41, 5.74) is 0.997. The van der Waals surface area contributed by atoms with E-state index in [1.165, 1.54) is 0 Å². The zero-order chi connectivity index (χ0) is 15.1. The molecule has 21 heavy (non-hydrogen) atoms. The van der Waals surface area contributed by atoms with E-state index < -0.39 is 0 Å². The number of carbonyl (C=O) groups is 1. The number of hydrogen-bond acceptors (Lipinski definition) is 4. The number of furan rings is 1. The third kappa shape index (κ3) is 4.46. The maximum Gasteiger partial charge on any atom is 0.287 e. The highest BCUT2D eigenvalue weighted by Crippen LogP contribution is 2.10. The lowest BCUT2D eigenvalue weighted by atomic mass is 10.3. The average molecular weight is 290 g/mol. The molecule has 0 saturated heterocycles. The fourth-order valence-corrected chi connectivity index (χ4v) is 2.07. The van der Waals surface area contributed by atoms with Gasteiger partial charge in [0.1, 0.15) is 5.76 Å². The maximum atomic E-state index is 12.0. The predicted octanol–water partition coefficient (Wildman–Crippen LogP) is 1.82. The van der Waals surface area contributed by atoms with Crippen LogP contribution < -0.4 is 5.32 Å². The molecule has 0 atom stereocenters. The normalized spacial score (nSPS) is 11.0. The Kier molecular flexibility index (Phi) is 5.57. The molecule has 6 heteroatoms. The Labute approximate surface area is 124 Å². The third-order valence-corrected chi connectivity index (χ3v) is 3.39. The molecule has 2 aromatic rings. The summed E-state index contributed by atoms with van der Waals surface area (Å²) in [6.45, 7) is 7.42. The molecule has 2 rings (SSSR count). The summed E-state index contributed by atoms with van der Waals surface area (Å²) in [5.74, 6) is 1.000. The summed E-state index contributed by atoms with van der Waals surface area (Å²) in [7, 11) is 0. The van der Waals surface area contributed by atoms with E-state index >= 15 is 0 Å². The van der Waals surface area contributed by atoms with Gasteiger partial charge >= 0.3 is 0 Å². The first kappa shape index (κ1) is 15.3. The van der Waals surface area contributed by atoms with Crippen LogP contribution in [0.5, 0.6) is 0 Å². The fourth-order valence-electron chi connectivity index (χ4n) is 2.07. The highest BCUT2D eigenvalue weighted by atomic mass is 16.4. The van der Waals surface area contributed by atoms with Crippen LogP contribution in [-0.2, 0) is 13.0 Å². The van der Waals surface area contributed by atoms with Crippen LogP contribution in [0.25, 0.3) is 0 Å². The highest BCUT2D eigenvalue weighted by molar-refractivity contribution is 5.91. The van der Waals surface area contributed by atoms with E-state index in [4.69, 9.17) is 4.42 Å². The van der Waals surface area contributed by atoms with Crippen molar-refractivity contribution in [1.82, 2.24) is 20.2 Å². The number of H-pyrrole nitrogens is 1. The first-order valence-corrected chi connectivity index (χ1v) is 7.29. The molecule has 2 N–H and O–H groups in total. The Bertz CT molecular complexity index is 544. The van der Waals surface area contributed by atoms with Gasteiger partial charge in [-0.3, -0.25) is 9.69 Å². The molecule has 0 fully saturated rings. The minimum absolute atomic E-state index is 0.180. The summed E-state index contributed by atoms with van der Waals surface area (Å²) >= 11 is 0. The number of nitrogens with zero attached hydrogens (tertiary/aromatic N) is 2. The number of amides is 1. The van der Waals surface area contributed by atoms with Crippen molar-refractivity contribution >= 4 is 5.91 Å². The molecule has 114 valence electrons. The van der Waals surface area contributed by atoms with Gasteiger partial charge in [-0.25, -0.2) is 4.98 Å². The minimum atomic E-state index is -0.180. The van der Waals surface area contributed by atoms with Crippen LogP contribution in [0.15, 0.2) is 29.1 Å². The van der Waals surface area contributed by atoms with E-state index in [0.29, 0.717) is 12.3 Å². The van der Waals surface area contributed by atoms with Crippen LogP contribution in [-0.4, -0.2) is 40.4 Å². The lowest BCUT2D eigenvalue weighted by Gasteiger charge is -2.15. The lowest BCUT2D eigenvalue weighted by Crippen LogP contribution is -2.25. The Balaban J connectivity index is 1.81. The molecule has 2 aromatic heterocycles. The number of imidazole rings is 1. The maximum absolute atomic E-state index is 12.0. The summed E-state index contributed by atoms with van der Waals surface area (Å²) in [6.07, 6.45) is 4.10. The molecule has 0 aromatic carbocycles. The van der Waals surface area contributed by atoms with Gasteiger partial charge in [0.15, 0.2) is 5.76 Å². The number of aromatic amines is 1. The van der Waals surface area contributed by atoms with Crippen molar-refractivity contribution in [2.75, 3.05) is 19.6 Å². The third-order valence-electron chi connectivity index (χ3n) is 3.39. The van der Waals surface area contributed by atoms with E-state index in [2.05, 4.69) is 34.0 Å². The highest BCUT2D eigenvalue weighted by Gasteiger charge is 2.12. The Hall–Kier alpha value is -2.08. The van der Waals surface area contributed by atoms with Crippen LogP contribution in [0.3, 0.4) is 0 Å². The Morgan fingerprint density at radius 3 is 2.86 bits per heavy atom. The predicted molar refractivity (Wildman–Crippen MR) is 80.0 cm³/mol. The first-order valence-electron chi connectivity index (χ1n) is 7.29. The smallest absolute Gasteiger partial charge is 0.287 e. The standard InChI is InChI=1S/C15H22N4O2/c1-3-19(4-2)10-13-5-6-14(21-13)15(20)17-8-7-12-9-16-11-18-12/h5-6,9,11H,3-4,7-8,10H2,1-2H3,(H,16,18)(H,17,20).